The number of aromatic nitrogens is 1. The van der Waals surface area contributed by atoms with E-state index >= 15 is 0 Å². The second-order valence-corrected chi connectivity index (χ2v) is 12.1. The van der Waals surface area contributed by atoms with Crippen molar-refractivity contribution in [2.45, 2.75) is 66.5 Å². The molecule has 2 aliphatic rings. The molecule has 10 heteroatoms. The van der Waals surface area contributed by atoms with Gasteiger partial charge in [-0.05, 0) is 57.2 Å². The molecule has 3 heterocycles. The number of rotatable bonds is 9. The van der Waals surface area contributed by atoms with Crippen molar-refractivity contribution in [2.24, 2.45) is 5.92 Å². The second kappa shape index (κ2) is 13.5. The molecule has 216 valence electrons. The predicted octanol–water partition coefficient (Wildman–Crippen LogP) is 5.32. The lowest BCUT2D eigenvalue weighted by molar-refractivity contribution is -0.148. The van der Waals surface area contributed by atoms with Crippen molar-refractivity contribution in [2.75, 3.05) is 24.6 Å². The summed E-state index contributed by atoms with van der Waals surface area (Å²) in [6.45, 7) is 9.89. The van der Waals surface area contributed by atoms with E-state index in [-0.39, 0.29) is 28.9 Å². The molecule has 0 saturated carbocycles. The highest BCUT2D eigenvalue weighted by Crippen LogP contribution is 2.37. The number of carbonyl (C=O) groups excluding carboxylic acids is 2. The first-order valence-corrected chi connectivity index (χ1v) is 15.3. The maximum atomic E-state index is 13.6. The molecule has 0 spiro atoms. The Labute approximate surface area is 251 Å². The van der Waals surface area contributed by atoms with Gasteiger partial charge in [-0.25, -0.2) is 0 Å². The predicted molar refractivity (Wildman–Crippen MR) is 167 cm³/mol. The molecule has 1 aromatic carbocycles. The van der Waals surface area contributed by atoms with Crippen LogP contribution in [0.15, 0.2) is 34.0 Å². The number of anilines is 1. The van der Waals surface area contributed by atoms with Crippen molar-refractivity contribution in [1.29, 1.82) is 5.26 Å². The number of aryl methyl sites for hydroxylation is 1. The van der Waals surface area contributed by atoms with Crippen molar-refractivity contribution >= 4 is 52.1 Å². The number of benzene rings is 1. The van der Waals surface area contributed by atoms with Gasteiger partial charge in [0, 0.05) is 25.2 Å². The van der Waals surface area contributed by atoms with Gasteiger partial charge in [-0.15, -0.1) is 0 Å². The number of ether oxygens (including phenoxy) is 1. The first-order valence-electron chi connectivity index (χ1n) is 14.1. The molecule has 0 radical (unpaired) electrons. The van der Waals surface area contributed by atoms with E-state index in [0.717, 1.165) is 24.0 Å². The molecule has 2 aromatic rings. The number of esters is 1. The molecule has 0 unspecified atom stereocenters. The quantitative estimate of drug-likeness (QED) is 0.219. The Morgan fingerprint density at radius 3 is 2.46 bits per heavy atom. The van der Waals surface area contributed by atoms with E-state index in [1.54, 1.807) is 29.4 Å². The SMILES string of the molecule is CCCCn1c(N2CCC(C(=O)OCC)CC2)c(C=C2SC(=S)N(Cc3ccc(C)cc3)C2=O)c(C)c(C#N)c1=O. The van der Waals surface area contributed by atoms with E-state index in [4.69, 9.17) is 17.0 Å². The molecule has 2 saturated heterocycles. The van der Waals surface area contributed by atoms with Gasteiger partial charge in [0.15, 0.2) is 0 Å². The molecular weight excluding hydrogens is 556 g/mol. The van der Waals surface area contributed by atoms with Crippen LogP contribution in [0, 0.1) is 31.1 Å². The van der Waals surface area contributed by atoms with Crippen LogP contribution in [0.25, 0.3) is 6.08 Å². The minimum absolute atomic E-state index is 0.0765. The van der Waals surface area contributed by atoms with E-state index in [0.29, 0.717) is 71.8 Å². The van der Waals surface area contributed by atoms with Gasteiger partial charge in [-0.3, -0.25) is 23.9 Å². The number of amides is 1. The standard InChI is InChI=1S/C31H36N4O4S2/c1-5-7-14-34-27(33-15-12-23(13-16-33)30(38)39-6-2)24(21(4)25(18-32)28(34)36)17-26-29(37)35(31(40)41-26)19-22-10-8-20(3)9-11-22/h8-11,17,23H,5-7,12-16,19H2,1-4H3. The summed E-state index contributed by atoms with van der Waals surface area (Å²) in [6, 6.07) is 10.1. The summed E-state index contributed by atoms with van der Waals surface area (Å²) in [6.07, 6.45) is 4.62. The maximum absolute atomic E-state index is 13.6. The minimum atomic E-state index is -0.329. The van der Waals surface area contributed by atoms with Crippen LogP contribution in [0.1, 0.15) is 67.3 Å². The fourth-order valence-electron chi connectivity index (χ4n) is 5.24. The molecule has 1 amide bonds. The summed E-state index contributed by atoms with van der Waals surface area (Å²) in [4.78, 5) is 43.7. The van der Waals surface area contributed by atoms with Gasteiger partial charge in [0.1, 0.15) is 21.8 Å². The topological polar surface area (TPSA) is 95.6 Å². The smallest absolute Gasteiger partial charge is 0.309 e. The normalized spacial score (nSPS) is 16.9. The van der Waals surface area contributed by atoms with Crippen LogP contribution in [0.4, 0.5) is 5.82 Å². The molecule has 41 heavy (non-hydrogen) atoms. The molecule has 8 nitrogen and oxygen atoms in total. The summed E-state index contributed by atoms with van der Waals surface area (Å²) in [5, 5.41) is 9.95. The molecule has 2 fully saturated rings. The zero-order valence-electron chi connectivity index (χ0n) is 24.1. The van der Waals surface area contributed by atoms with E-state index in [2.05, 4.69) is 17.9 Å². The minimum Gasteiger partial charge on any atom is -0.466 e. The van der Waals surface area contributed by atoms with Crippen LogP contribution >= 0.6 is 24.0 Å². The van der Waals surface area contributed by atoms with Crippen molar-refractivity contribution in [3.05, 3.63) is 67.3 Å². The lowest BCUT2D eigenvalue weighted by Crippen LogP contribution is -2.41. The number of nitrogens with zero attached hydrogens (tertiary/aromatic N) is 4. The zero-order chi connectivity index (χ0) is 29.7. The van der Waals surface area contributed by atoms with Crippen LogP contribution in [0.2, 0.25) is 0 Å². The average molecular weight is 593 g/mol. The van der Waals surface area contributed by atoms with Crippen LogP contribution in [0.3, 0.4) is 0 Å². The van der Waals surface area contributed by atoms with E-state index < -0.39 is 0 Å². The fourth-order valence-corrected chi connectivity index (χ4v) is 6.48. The van der Waals surface area contributed by atoms with Crippen LogP contribution in [0.5, 0.6) is 0 Å². The van der Waals surface area contributed by atoms with Gasteiger partial charge in [-0.2, -0.15) is 5.26 Å². The number of piperidine rings is 1. The van der Waals surface area contributed by atoms with E-state index in [9.17, 15) is 19.6 Å². The van der Waals surface area contributed by atoms with E-state index in [1.165, 1.54) is 11.8 Å². The highest BCUT2D eigenvalue weighted by Gasteiger charge is 2.34. The van der Waals surface area contributed by atoms with Crippen molar-refractivity contribution < 1.29 is 14.3 Å². The fraction of sp³-hybridized carbons (Fsp3) is 0.452. The van der Waals surface area contributed by atoms with Crippen molar-refractivity contribution in [1.82, 2.24) is 9.47 Å². The monoisotopic (exact) mass is 592 g/mol. The summed E-state index contributed by atoms with van der Waals surface area (Å²) >= 11 is 6.84. The van der Waals surface area contributed by atoms with Crippen LogP contribution in [-0.2, 0) is 27.4 Å². The molecule has 1 aromatic heterocycles. The highest BCUT2D eigenvalue weighted by molar-refractivity contribution is 8.26. The van der Waals surface area contributed by atoms with Gasteiger partial charge < -0.3 is 9.64 Å². The number of nitriles is 1. The zero-order valence-corrected chi connectivity index (χ0v) is 25.7. The summed E-state index contributed by atoms with van der Waals surface area (Å²) in [7, 11) is 0. The Hall–Kier alpha value is -3.42. The second-order valence-electron chi connectivity index (χ2n) is 10.4. The Balaban J connectivity index is 1.76. The number of unbranched alkanes of at least 4 members (excludes halogenated alkanes) is 1. The van der Waals surface area contributed by atoms with Gasteiger partial charge in [0.25, 0.3) is 11.5 Å². The van der Waals surface area contributed by atoms with Crippen LogP contribution < -0.4 is 10.5 Å². The van der Waals surface area contributed by atoms with Gasteiger partial charge >= 0.3 is 5.97 Å². The number of carbonyl (C=O) groups is 2. The third-order valence-corrected chi connectivity index (χ3v) is 8.98. The van der Waals surface area contributed by atoms with Crippen molar-refractivity contribution in [3.8, 4) is 6.07 Å². The third kappa shape index (κ3) is 6.57. The van der Waals surface area contributed by atoms with Gasteiger partial charge in [0.05, 0.1) is 24.0 Å². The summed E-state index contributed by atoms with van der Waals surface area (Å²) < 4.78 is 7.39. The number of pyridine rings is 1. The third-order valence-electron chi connectivity index (χ3n) is 7.61. The number of thioether (sulfide) groups is 1. The molecule has 0 atom stereocenters. The first-order chi connectivity index (χ1) is 19.7. The number of thiocarbonyl (C=S) groups is 1. The van der Waals surface area contributed by atoms with Gasteiger partial charge in [0.2, 0.25) is 0 Å². The van der Waals surface area contributed by atoms with Gasteiger partial charge in [-0.1, -0.05) is 67.2 Å². The Kier molecular flexibility index (Phi) is 10.1. The first kappa shape index (κ1) is 30.5. The number of hydrogen-bond donors (Lipinski definition) is 0. The van der Waals surface area contributed by atoms with E-state index in [1.807, 2.05) is 31.2 Å². The lowest BCUT2D eigenvalue weighted by Gasteiger charge is -2.35. The molecule has 4 rings (SSSR count). The number of hydrogen-bond acceptors (Lipinski definition) is 8. The summed E-state index contributed by atoms with van der Waals surface area (Å²) in [5.74, 6) is 0.106. The molecular formula is C31H36N4O4S2. The Morgan fingerprint density at radius 2 is 1.85 bits per heavy atom. The van der Waals surface area contributed by atoms with Crippen LogP contribution in [-0.4, -0.2) is 45.4 Å². The molecule has 0 bridgehead atoms. The highest BCUT2D eigenvalue weighted by atomic mass is 32.2. The average Bonchev–Trinajstić information content (AvgIpc) is 3.22. The molecule has 0 N–H and O–H groups in total. The molecule has 0 aliphatic carbocycles. The molecule has 2 aliphatic heterocycles. The Morgan fingerprint density at radius 1 is 1.17 bits per heavy atom. The largest absolute Gasteiger partial charge is 0.466 e. The summed E-state index contributed by atoms with van der Waals surface area (Å²) in [5.41, 5.74) is 3.08. The maximum Gasteiger partial charge on any atom is 0.309 e. The van der Waals surface area contributed by atoms with Crippen molar-refractivity contribution in [3.63, 3.8) is 0 Å². The Bertz CT molecular complexity index is 1460. The lowest BCUT2D eigenvalue weighted by atomic mass is 9.95.